The second kappa shape index (κ2) is 7.45. The van der Waals surface area contributed by atoms with E-state index in [1.54, 1.807) is 18.3 Å². The van der Waals surface area contributed by atoms with Gasteiger partial charge in [0.25, 0.3) is 0 Å². The van der Waals surface area contributed by atoms with Crippen LogP contribution in [0.5, 0.6) is 17.2 Å². The average Bonchev–Trinajstić information content (AvgIpc) is 2.86. The summed E-state index contributed by atoms with van der Waals surface area (Å²) in [6.45, 7) is 0. The summed E-state index contributed by atoms with van der Waals surface area (Å²) in [6.07, 6.45) is 1.67. The monoisotopic (exact) mass is 451 g/mol. The zero-order valence-electron chi connectivity index (χ0n) is 17.7. The number of rotatable bonds is 2. The molecule has 166 valence electrons. The van der Waals surface area contributed by atoms with E-state index >= 15 is 0 Å². The third kappa shape index (κ3) is 3.02. The Morgan fingerprint density at radius 2 is 1.74 bits per heavy atom. The van der Waals surface area contributed by atoms with Crippen LogP contribution in [-0.2, 0) is 4.79 Å². The molecule has 0 unspecified atom stereocenters. The Bertz CT molecular complexity index is 1670. The molecule has 6 rings (SSSR count). The lowest BCUT2D eigenvalue weighted by molar-refractivity contribution is -0.135. The number of carbonyl (C=O) groups excluding carboxylic acids is 1. The molecular formula is C27H17NO6. The van der Waals surface area contributed by atoms with Crippen LogP contribution in [-0.4, -0.2) is 21.2 Å². The predicted molar refractivity (Wildman–Crippen MR) is 125 cm³/mol. The predicted octanol–water partition coefficient (Wildman–Crippen LogP) is 4.86. The van der Waals surface area contributed by atoms with Crippen molar-refractivity contribution in [3.8, 4) is 28.6 Å². The van der Waals surface area contributed by atoms with Gasteiger partial charge in [0.1, 0.15) is 16.7 Å². The molecule has 1 atom stereocenters. The molecule has 7 nitrogen and oxygen atoms in total. The number of carbonyl (C=O) groups is 1. The second-order valence-corrected chi connectivity index (χ2v) is 8.17. The van der Waals surface area contributed by atoms with Crippen molar-refractivity contribution in [1.82, 2.24) is 4.98 Å². The van der Waals surface area contributed by atoms with Gasteiger partial charge >= 0.3 is 5.97 Å². The van der Waals surface area contributed by atoms with Crippen molar-refractivity contribution >= 4 is 27.8 Å². The maximum atomic E-state index is 13.1. The SMILES string of the molecule is O=C1C[C@H](c2ccc3ncccc3c2)c2c(c(O)c(O)c3c(=O)cc(-c4ccccc4)oc23)O1. The minimum atomic E-state index is -0.682. The fraction of sp³-hybridized carbons (Fsp3) is 0.0741. The highest BCUT2D eigenvalue weighted by Gasteiger charge is 2.36. The standard InChI is InChI=1S/C27H17NO6/c29-19-13-20(14-5-2-1-3-6-14)33-26-22-17(15-8-9-18-16(11-15)7-4-10-28-18)12-21(30)34-27(22)25(32)24(31)23(19)26/h1-11,13,17,31-32H,12H2/t17-/m1/s1. The second-order valence-electron chi connectivity index (χ2n) is 8.17. The molecule has 34 heavy (non-hydrogen) atoms. The zero-order valence-corrected chi connectivity index (χ0v) is 17.7. The Hall–Kier alpha value is -4.65. The molecule has 0 fully saturated rings. The molecule has 0 bridgehead atoms. The molecule has 3 aromatic carbocycles. The van der Waals surface area contributed by atoms with Crippen LogP contribution >= 0.6 is 0 Å². The Kier molecular flexibility index (Phi) is 4.38. The summed E-state index contributed by atoms with van der Waals surface area (Å²) in [6, 6.07) is 19.7. The Morgan fingerprint density at radius 3 is 2.56 bits per heavy atom. The summed E-state index contributed by atoms with van der Waals surface area (Å²) < 4.78 is 11.5. The minimum absolute atomic E-state index is 0.0304. The van der Waals surface area contributed by atoms with Crippen LogP contribution in [0.15, 0.2) is 82.1 Å². The summed E-state index contributed by atoms with van der Waals surface area (Å²) in [7, 11) is 0. The van der Waals surface area contributed by atoms with Crippen molar-refractivity contribution in [2.45, 2.75) is 12.3 Å². The normalized spacial score (nSPS) is 15.3. The van der Waals surface area contributed by atoms with Crippen LogP contribution < -0.4 is 10.2 Å². The number of phenolic OH excluding ortho intramolecular Hbond substituents is 2. The van der Waals surface area contributed by atoms with Gasteiger partial charge in [-0.15, -0.1) is 0 Å². The Balaban J connectivity index is 1.68. The number of aromatic hydroxyl groups is 2. The van der Waals surface area contributed by atoms with E-state index in [1.807, 2.05) is 48.5 Å². The number of benzene rings is 3. The largest absolute Gasteiger partial charge is 0.504 e. The number of nitrogens with zero attached hydrogens (tertiary/aromatic N) is 1. The first-order valence-corrected chi connectivity index (χ1v) is 10.7. The molecule has 0 spiro atoms. The topological polar surface area (TPSA) is 110 Å². The molecule has 5 aromatic rings. The minimum Gasteiger partial charge on any atom is -0.504 e. The first-order chi connectivity index (χ1) is 16.5. The van der Waals surface area contributed by atoms with E-state index < -0.39 is 28.8 Å². The quantitative estimate of drug-likeness (QED) is 0.224. The number of fused-ring (bicyclic) bond motifs is 4. The van der Waals surface area contributed by atoms with Crippen LogP contribution in [0.2, 0.25) is 0 Å². The third-order valence-electron chi connectivity index (χ3n) is 6.14. The van der Waals surface area contributed by atoms with Gasteiger partial charge in [-0.25, -0.2) is 0 Å². The van der Waals surface area contributed by atoms with Gasteiger partial charge in [0.15, 0.2) is 16.9 Å². The number of hydrogen-bond donors (Lipinski definition) is 2. The van der Waals surface area contributed by atoms with Gasteiger partial charge in [-0.05, 0) is 23.8 Å². The molecule has 3 heterocycles. The molecule has 1 aliphatic heterocycles. The molecule has 0 amide bonds. The maximum Gasteiger partial charge on any atom is 0.312 e. The van der Waals surface area contributed by atoms with E-state index in [2.05, 4.69) is 4.98 Å². The van der Waals surface area contributed by atoms with Crippen molar-refractivity contribution in [2.75, 3.05) is 0 Å². The molecule has 0 saturated carbocycles. The maximum absolute atomic E-state index is 13.1. The van der Waals surface area contributed by atoms with Gasteiger partial charge in [0.05, 0.1) is 17.5 Å². The van der Waals surface area contributed by atoms with Crippen molar-refractivity contribution in [3.63, 3.8) is 0 Å². The molecular weight excluding hydrogens is 434 g/mol. The summed E-state index contributed by atoms with van der Waals surface area (Å²) >= 11 is 0. The van der Waals surface area contributed by atoms with Crippen LogP contribution in [0.1, 0.15) is 23.5 Å². The summed E-state index contributed by atoms with van der Waals surface area (Å²) in [4.78, 5) is 29.9. The van der Waals surface area contributed by atoms with Gasteiger partial charge in [-0.3, -0.25) is 14.6 Å². The molecule has 2 N–H and O–H groups in total. The molecule has 0 aliphatic carbocycles. The van der Waals surface area contributed by atoms with Crippen LogP contribution in [0.4, 0.5) is 0 Å². The van der Waals surface area contributed by atoms with Crippen molar-refractivity contribution in [1.29, 1.82) is 0 Å². The number of esters is 1. The molecule has 1 aliphatic rings. The number of ether oxygens (including phenoxy) is 1. The molecule has 0 saturated heterocycles. The van der Waals surface area contributed by atoms with E-state index in [1.165, 1.54) is 6.07 Å². The van der Waals surface area contributed by atoms with Gasteiger partial charge in [-0.2, -0.15) is 0 Å². The smallest absolute Gasteiger partial charge is 0.312 e. The number of aromatic nitrogens is 1. The molecule has 0 radical (unpaired) electrons. The lowest BCUT2D eigenvalue weighted by Gasteiger charge is -2.27. The van der Waals surface area contributed by atoms with Gasteiger partial charge in [0, 0.05) is 29.1 Å². The van der Waals surface area contributed by atoms with E-state index in [4.69, 9.17) is 9.15 Å². The Morgan fingerprint density at radius 1 is 0.912 bits per heavy atom. The highest BCUT2D eigenvalue weighted by Crippen LogP contribution is 2.52. The van der Waals surface area contributed by atoms with E-state index in [0.29, 0.717) is 16.9 Å². The summed E-state index contributed by atoms with van der Waals surface area (Å²) in [5.41, 5.74) is 2.11. The van der Waals surface area contributed by atoms with Crippen molar-refractivity contribution in [2.24, 2.45) is 0 Å². The average molecular weight is 451 g/mol. The van der Waals surface area contributed by atoms with Crippen molar-refractivity contribution < 1.29 is 24.2 Å². The number of hydrogen-bond acceptors (Lipinski definition) is 7. The fourth-order valence-electron chi connectivity index (χ4n) is 4.55. The lowest BCUT2D eigenvalue weighted by Crippen LogP contribution is -2.22. The summed E-state index contributed by atoms with van der Waals surface area (Å²) in [5, 5.41) is 22.0. The first-order valence-electron chi connectivity index (χ1n) is 10.7. The van der Waals surface area contributed by atoms with Crippen LogP contribution in [0, 0.1) is 0 Å². The van der Waals surface area contributed by atoms with Crippen LogP contribution in [0.25, 0.3) is 33.2 Å². The van der Waals surface area contributed by atoms with Gasteiger partial charge in [-0.1, -0.05) is 42.5 Å². The van der Waals surface area contributed by atoms with Gasteiger partial charge < -0.3 is 19.4 Å². The highest BCUT2D eigenvalue weighted by molar-refractivity contribution is 5.96. The van der Waals surface area contributed by atoms with Gasteiger partial charge in [0.2, 0.25) is 5.75 Å². The van der Waals surface area contributed by atoms with E-state index in [0.717, 1.165) is 16.5 Å². The lowest BCUT2D eigenvalue weighted by atomic mass is 9.84. The molecule has 2 aromatic heterocycles. The van der Waals surface area contributed by atoms with Crippen molar-refractivity contribution in [3.05, 3.63) is 94.3 Å². The fourth-order valence-corrected chi connectivity index (χ4v) is 4.55. The Labute approximate surface area is 192 Å². The molecule has 7 heteroatoms. The van der Waals surface area contributed by atoms with Crippen LogP contribution in [0.3, 0.4) is 0 Å². The summed E-state index contributed by atoms with van der Waals surface area (Å²) in [5.74, 6) is -2.40. The first kappa shape index (κ1) is 20.0. The van der Waals surface area contributed by atoms with E-state index in [-0.39, 0.29) is 23.1 Å². The third-order valence-corrected chi connectivity index (χ3v) is 6.14. The number of pyridine rings is 1. The van der Waals surface area contributed by atoms with E-state index in [9.17, 15) is 19.8 Å². The zero-order chi connectivity index (χ0) is 23.4. The number of phenols is 2. The highest BCUT2D eigenvalue weighted by atomic mass is 16.5.